The van der Waals surface area contributed by atoms with E-state index in [0.29, 0.717) is 0 Å². The summed E-state index contributed by atoms with van der Waals surface area (Å²) in [6.07, 6.45) is 0. The van der Waals surface area contributed by atoms with Crippen LogP contribution in [0.3, 0.4) is 0 Å². The van der Waals surface area contributed by atoms with Gasteiger partial charge in [-0.2, -0.15) is 0 Å². The average Bonchev–Trinajstić information content (AvgIpc) is 2.50. The molecule has 2 N–H and O–H groups in total. The van der Waals surface area contributed by atoms with E-state index in [0.717, 1.165) is 18.2 Å². The minimum Gasteiger partial charge on any atom is -0.280 e. The fraction of sp³-hybridized carbons (Fsp3) is 0.0769. The van der Waals surface area contributed by atoms with Gasteiger partial charge in [-0.05, 0) is 49.5 Å². The molecule has 0 aromatic heterocycles. The maximum atomic E-state index is 13.1. The van der Waals surface area contributed by atoms with E-state index in [2.05, 4.69) is 9.44 Å². The SMILES string of the molecule is CNS(=O)(=O)c1ccc(NS(=O)(=O)c2ccc(F)c(Cl)c2)cc1. The third-order valence-corrected chi connectivity index (χ3v) is 5.99. The molecule has 0 saturated carbocycles. The molecule has 2 aromatic carbocycles. The van der Waals surface area contributed by atoms with Crippen molar-refractivity contribution < 1.29 is 21.2 Å². The number of hydrogen-bond donors (Lipinski definition) is 2. The number of anilines is 1. The van der Waals surface area contributed by atoms with Crippen molar-refractivity contribution in [2.45, 2.75) is 9.79 Å². The summed E-state index contributed by atoms with van der Waals surface area (Å²) in [7, 11) is -6.31. The zero-order valence-electron chi connectivity index (χ0n) is 11.7. The zero-order chi connectivity index (χ0) is 17.3. The van der Waals surface area contributed by atoms with Crippen molar-refractivity contribution in [2.75, 3.05) is 11.8 Å². The maximum Gasteiger partial charge on any atom is 0.261 e. The van der Waals surface area contributed by atoms with Gasteiger partial charge in [0, 0.05) is 5.69 Å². The van der Waals surface area contributed by atoms with Gasteiger partial charge in [0.2, 0.25) is 10.0 Å². The van der Waals surface area contributed by atoms with Crippen LogP contribution in [0.15, 0.2) is 52.3 Å². The Morgan fingerprint density at radius 3 is 2.00 bits per heavy atom. The molecule has 124 valence electrons. The van der Waals surface area contributed by atoms with Crippen molar-refractivity contribution in [3.05, 3.63) is 53.3 Å². The third kappa shape index (κ3) is 3.99. The molecule has 23 heavy (non-hydrogen) atoms. The maximum absolute atomic E-state index is 13.1. The molecule has 0 saturated heterocycles. The molecule has 2 aromatic rings. The quantitative estimate of drug-likeness (QED) is 0.834. The van der Waals surface area contributed by atoms with Crippen LogP contribution in [0.5, 0.6) is 0 Å². The highest BCUT2D eigenvalue weighted by Crippen LogP contribution is 2.22. The Morgan fingerprint density at radius 2 is 1.48 bits per heavy atom. The molecule has 0 atom stereocenters. The van der Waals surface area contributed by atoms with Crippen molar-refractivity contribution in [1.29, 1.82) is 0 Å². The Kier molecular flexibility index (Phi) is 4.95. The van der Waals surface area contributed by atoms with Crippen LogP contribution in [-0.2, 0) is 20.0 Å². The fourth-order valence-electron chi connectivity index (χ4n) is 1.68. The molecule has 0 heterocycles. The minimum atomic E-state index is -3.97. The predicted octanol–water partition coefficient (Wildman–Crippen LogP) is 2.19. The van der Waals surface area contributed by atoms with Crippen LogP contribution in [-0.4, -0.2) is 23.9 Å². The summed E-state index contributed by atoms with van der Waals surface area (Å²) in [5.41, 5.74) is 0.153. The number of benzene rings is 2. The Bertz CT molecular complexity index is 929. The van der Waals surface area contributed by atoms with Crippen molar-refractivity contribution in [3.63, 3.8) is 0 Å². The van der Waals surface area contributed by atoms with E-state index < -0.39 is 25.9 Å². The summed E-state index contributed by atoms with van der Waals surface area (Å²) in [6, 6.07) is 8.10. The molecule has 0 aliphatic carbocycles. The van der Waals surface area contributed by atoms with Gasteiger partial charge in [0.05, 0.1) is 14.8 Å². The monoisotopic (exact) mass is 378 g/mol. The summed E-state index contributed by atoms with van der Waals surface area (Å²) in [6.45, 7) is 0. The van der Waals surface area contributed by atoms with Gasteiger partial charge < -0.3 is 0 Å². The summed E-state index contributed by atoms with van der Waals surface area (Å²) >= 11 is 5.57. The van der Waals surface area contributed by atoms with Gasteiger partial charge >= 0.3 is 0 Å². The van der Waals surface area contributed by atoms with Crippen LogP contribution in [0, 0.1) is 5.82 Å². The Balaban J connectivity index is 2.29. The first-order valence-corrected chi connectivity index (χ1v) is 9.51. The average molecular weight is 379 g/mol. The van der Waals surface area contributed by atoms with Gasteiger partial charge in [0.15, 0.2) is 0 Å². The summed E-state index contributed by atoms with van der Waals surface area (Å²) in [5.74, 6) is -0.729. The van der Waals surface area contributed by atoms with Crippen LogP contribution in [0.4, 0.5) is 10.1 Å². The van der Waals surface area contributed by atoms with Crippen molar-refractivity contribution in [1.82, 2.24) is 4.72 Å². The molecule has 2 rings (SSSR count). The van der Waals surface area contributed by atoms with Gasteiger partial charge in [0.25, 0.3) is 10.0 Å². The van der Waals surface area contributed by atoms with Crippen molar-refractivity contribution in [2.24, 2.45) is 0 Å². The first-order chi connectivity index (χ1) is 10.7. The third-order valence-electron chi connectivity index (χ3n) is 2.89. The highest BCUT2D eigenvalue weighted by molar-refractivity contribution is 7.92. The second-order valence-electron chi connectivity index (χ2n) is 4.41. The van der Waals surface area contributed by atoms with Crippen LogP contribution in [0.1, 0.15) is 0 Å². The number of sulfonamides is 2. The van der Waals surface area contributed by atoms with Crippen molar-refractivity contribution >= 4 is 37.3 Å². The largest absolute Gasteiger partial charge is 0.280 e. The van der Waals surface area contributed by atoms with E-state index >= 15 is 0 Å². The predicted molar refractivity (Wildman–Crippen MR) is 84.9 cm³/mol. The standard InChI is InChI=1S/C13H12ClFN2O4S2/c1-16-22(18,19)10-4-2-9(3-5-10)17-23(20,21)11-6-7-13(15)12(14)8-11/h2-8,16-17H,1H3. The smallest absolute Gasteiger partial charge is 0.261 e. The van der Waals surface area contributed by atoms with E-state index in [1.165, 1.54) is 31.3 Å². The molecule has 0 spiro atoms. The van der Waals surface area contributed by atoms with Crippen molar-refractivity contribution in [3.8, 4) is 0 Å². The molecular weight excluding hydrogens is 367 g/mol. The van der Waals surface area contributed by atoms with Gasteiger partial charge in [-0.15, -0.1) is 0 Å². The molecule has 0 bridgehead atoms. The highest BCUT2D eigenvalue weighted by Gasteiger charge is 2.17. The molecule has 0 aliphatic rings. The van der Waals surface area contributed by atoms with Crippen LogP contribution in [0.25, 0.3) is 0 Å². The molecule has 0 amide bonds. The first kappa shape index (κ1) is 17.7. The minimum absolute atomic E-state index is 0.00669. The topological polar surface area (TPSA) is 92.3 Å². The van der Waals surface area contributed by atoms with E-state index in [1.54, 1.807) is 0 Å². The van der Waals surface area contributed by atoms with Gasteiger partial charge in [0.1, 0.15) is 5.82 Å². The highest BCUT2D eigenvalue weighted by atomic mass is 35.5. The summed E-state index contributed by atoms with van der Waals surface area (Å²) in [4.78, 5) is -0.219. The van der Waals surface area contributed by atoms with E-state index in [4.69, 9.17) is 11.6 Å². The van der Waals surface area contributed by atoms with E-state index in [9.17, 15) is 21.2 Å². The lowest BCUT2D eigenvalue weighted by Gasteiger charge is -2.09. The molecule has 0 fully saturated rings. The molecule has 10 heteroatoms. The molecule has 0 aliphatic heterocycles. The van der Waals surface area contributed by atoms with Gasteiger partial charge in [-0.1, -0.05) is 11.6 Å². The lowest BCUT2D eigenvalue weighted by Crippen LogP contribution is -2.18. The van der Waals surface area contributed by atoms with Crippen LogP contribution < -0.4 is 9.44 Å². The van der Waals surface area contributed by atoms with Gasteiger partial charge in [-0.3, -0.25) is 4.72 Å². The Hall–Kier alpha value is -1.68. The first-order valence-electron chi connectivity index (χ1n) is 6.17. The molecule has 0 radical (unpaired) electrons. The lowest BCUT2D eigenvalue weighted by atomic mass is 10.3. The second-order valence-corrected chi connectivity index (χ2v) is 8.39. The lowest BCUT2D eigenvalue weighted by molar-refractivity contribution is 0.588. The van der Waals surface area contributed by atoms with Crippen LogP contribution in [0.2, 0.25) is 5.02 Å². The summed E-state index contributed by atoms with van der Waals surface area (Å²) < 4.78 is 65.0. The Labute approximate surface area is 138 Å². The number of hydrogen-bond acceptors (Lipinski definition) is 4. The molecule has 6 nitrogen and oxygen atoms in total. The molecular formula is C13H12ClFN2O4S2. The zero-order valence-corrected chi connectivity index (χ0v) is 14.1. The summed E-state index contributed by atoms with van der Waals surface area (Å²) in [5, 5.41) is -0.316. The molecule has 0 unspecified atom stereocenters. The van der Waals surface area contributed by atoms with E-state index in [1.807, 2.05) is 0 Å². The fourth-order valence-corrected chi connectivity index (χ4v) is 3.74. The number of rotatable bonds is 5. The normalized spacial score (nSPS) is 12.1. The van der Waals surface area contributed by atoms with E-state index in [-0.39, 0.29) is 20.5 Å². The second kappa shape index (κ2) is 6.44. The Morgan fingerprint density at radius 1 is 0.913 bits per heavy atom. The number of nitrogens with one attached hydrogen (secondary N) is 2. The van der Waals surface area contributed by atoms with Crippen LogP contribution >= 0.6 is 11.6 Å². The number of halogens is 2. The van der Waals surface area contributed by atoms with Gasteiger partial charge in [-0.25, -0.2) is 25.9 Å².